The topological polar surface area (TPSA) is 63.6 Å². The highest BCUT2D eigenvalue weighted by Gasteiger charge is 2.10. The minimum absolute atomic E-state index is 0.0550. The molecule has 0 amide bonds. The Hall–Kier alpha value is -2.41. The molecule has 2 aromatic carbocycles. The number of methoxy groups -OCH3 is 1. The van der Waals surface area contributed by atoms with Crippen molar-refractivity contribution in [3.8, 4) is 11.5 Å². The van der Waals surface area contributed by atoms with Crippen molar-refractivity contribution in [2.75, 3.05) is 7.11 Å². The first-order valence-electron chi connectivity index (χ1n) is 8.81. The summed E-state index contributed by atoms with van der Waals surface area (Å²) in [5.74, 6) is 1.37. The number of nitrogens with one attached hydrogen (secondary N) is 1. The van der Waals surface area contributed by atoms with Gasteiger partial charge < -0.3 is 19.9 Å². The van der Waals surface area contributed by atoms with E-state index in [1.165, 1.54) is 16.9 Å². The molecule has 0 fully saturated rings. The monoisotopic (exact) mass is 384 g/mol. The quantitative estimate of drug-likeness (QED) is 0.582. The highest BCUT2D eigenvalue weighted by molar-refractivity contribution is 7.09. The van der Waals surface area contributed by atoms with Crippen LogP contribution < -0.4 is 14.8 Å². The van der Waals surface area contributed by atoms with Crippen LogP contribution in [0.1, 0.15) is 34.8 Å². The van der Waals surface area contributed by atoms with E-state index in [-0.39, 0.29) is 12.6 Å². The summed E-state index contributed by atoms with van der Waals surface area (Å²) in [5, 5.41) is 15.3. The smallest absolute Gasteiger partial charge is 0.162 e. The lowest BCUT2D eigenvalue weighted by atomic mass is 10.1. The lowest BCUT2D eigenvalue weighted by Crippen LogP contribution is -2.18. The average Bonchev–Trinajstić information content (AvgIpc) is 3.19. The Morgan fingerprint density at radius 1 is 1.15 bits per heavy atom. The fourth-order valence-corrected chi connectivity index (χ4v) is 3.40. The highest BCUT2D eigenvalue weighted by Crippen LogP contribution is 2.29. The van der Waals surface area contributed by atoms with Crippen molar-refractivity contribution in [3.63, 3.8) is 0 Å². The summed E-state index contributed by atoms with van der Waals surface area (Å²) in [5.41, 5.74) is 3.04. The minimum atomic E-state index is -0.0550. The first kappa shape index (κ1) is 19.4. The third-order valence-electron chi connectivity index (χ3n) is 4.25. The lowest BCUT2D eigenvalue weighted by Gasteiger charge is -2.16. The number of aliphatic hydroxyl groups is 1. The first-order chi connectivity index (χ1) is 13.2. The van der Waals surface area contributed by atoms with Crippen LogP contribution in [0.4, 0.5) is 0 Å². The normalized spacial score (nSPS) is 12.0. The van der Waals surface area contributed by atoms with Gasteiger partial charge in [0.1, 0.15) is 11.6 Å². The maximum atomic E-state index is 9.12. The van der Waals surface area contributed by atoms with E-state index in [1.807, 2.05) is 41.8 Å². The van der Waals surface area contributed by atoms with Gasteiger partial charge in [-0.2, -0.15) is 0 Å². The zero-order valence-electron chi connectivity index (χ0n) is 15.5. The lowest BCUT2D eigenvalue weighted by molar-refractivity contribution is 0.272. The minimum Gasteiger partial charge on any atom is -0.493 e. The van der Waals surface area contributed by atoms with Crippen LogP contribution >= 0.6 is 11.3 Å². The molecule has 3 aromatic rings. The first-order valence-corrected chi connectivity index (χ1v) is 9.69. The molecule has 0 spiro atoms. The van der Waals surface area contributed by atoms with Crippen LogP contribution in [0.25, 0.3) is 0 Å². The predicted octanol–water partition coefficient (Wildman–Crippen LogP) is 4.07. The van der Waals surface area contributed by atoms with Gasteiger partial charge in [0.15, 0.2) is 11.5 Å². The molecular weight excluding hydrogens is 360 g/mol. The fraction of sp³-hybridized carbons (Fsp3) is 0.286. The van der Waals surface area contributed by atoms with Crippen LogP contribution in [-0.2, 0) is 19.8 Å². The van der Waals surface area contributed by atoms with Crippen LogP contribution in [0.3, 0.4) is 0 Å². The van der Waals surface area contributed by atoms with E-state index in [0.29, 0.717) is 23.8 Å². The number of thiazole rings is 1. The fourth-order valence-electron chi connectivity index (χ4n) is 2.70. The van der Waals surface area contributed by atoms with Gasteiger partial charge in [0.05, 0.1) is 19.4 Å². The molecule has 2 N–H and O–H groups in total. The maximum absolute atomic E-state index is 9.12. The molecule has 1 unspecified atom stereocenters. The molecule has 0 aliphatic rings. The van der Waals surface area contributed by atoms with E-state index in [2.05, 4.69) is 29.4 Å². The largest absolute Gasteiger partial charge is 0.493 e. The van der Waals surface area contributed by atoms with Crippen LogP contribution in [0.5, 0.6) is 11.5 Å². The summed E-state index contributed by atoms with van der Waals surface area (Å²) >= 11 is 1.47. The van der Waals surface area contributed by atoms with Gasteiger partial charge in [0, 0.05) is 18.0 Å². The van der Waals surface area contributed by atoms with Crippen LogP contribution in [0.15, 0.2) is 53.9 Å². The van der Waals surface area contributed by atoms with Gasteiger partial charge in [-0.05, 0) is 30.2 Å². The molecular formula is C21H24N2O3S. The van der Waals surface area contributed by atoms with Crippen LogP contribution in [-0.4, -0.2) is 17.2 Å². The van der Waals surface area contributed by atoms with Crippen molar-refractivity contribution >= 4 is 11.3 Å². The Morgan fingerprint density at radius 2 is 1.96 bits per heavy atom. The van der Waals surface area contributed by atoms with Gasteiger partial charge in [0.25, 0.3) is 0 Å². The molecule has 0 aliphatic carbocycles. The van der Waals surface area contributed by atoms with Gasteiger partial charge in [-0.1, -0.05) is 36.4 Å². The Labute approximate surface area is 163 Å². The summed E-state index contributed by atoms with van der Waals surface area (Å²) in [7, 11) is 1.63. The van der Waals surface area contributed by atoms with Crippen molar-refractivity contribution in [3.05, 3.63) is 75.7 Å². The molecule has 6 heteroatoms. The van der Waals surface area contributed by atoms with Crippen molar-refractivity contribution in [2.45, 2.75) is 32.7 Å². The highest BCUT2D eigenvalue weighted by atomic mass is 32.1. The number of benzene rings is 2. The van der Waals surface area contributed by atoms with Gasteiger partial charge in [0.2, 0.25) is 0 Å². The zero-order valence-corrected chi connectivity index (χ0v) is 16.3. The number of aliphatic hydroxyl groups excluding tert-OH is 1. The van der Waals surface area contributed by atoms with E-state index in [1.54, 1.807) is 7.11 Å². The molecule has 1 aromatic heterocycles. The summed E-state index contributed by atoms with van der Waals surface area (Å²) in [6.45, 7) is 3.17. The van der Waals surface area contributed by atoms with Crippen molar-refractivity contribution < 1.29 is 14.6 Å². The standard InChI is InChI=1S/C21H24N2O3S/c1-15(17-6-4-3-5-7-17)22-11-16-8-9-19(25-2)20(10-16)26-13-21-23-18(12-24)14-27-21/h3-10,14-15,22,24H,11-13H2,1-2H3. The number of nitrogens with zero attached hydrogens (tertiary/aromatic N) is 1. The van der Waals surface area contributed by atoms with Crippen LogP contribution in [0, 0.1) is 0 Å². The summed E-state index contributed by atoms with van der Waals surface area (Å²) in [6, 6.07) is 16.6. The third kappa shape index (κ3) is 5.29. The Kier molecular flexibility index (Phi) is 6.81. The number of aromatic nitrogens is 1. The molecule has 3 rings (SSSR count). The predicted molar refractivity (Wildman–Crippen MR) is 107 cm³/mol. The number of ether oxygens (including phenoxy) is 2. The van der Waals surface area contributed by atoms with E-state index in [0.717, 1.165) is 17.1 Å². The van der Waals surface area contributed by atoms with E-state index >= 15 is 0 Å². The van der Waals surface area contributed by atoms with E-state index in [4.69, 9.17) is 14.6 Å². The molecule has 0 bridgehead atoms. The molecule has 1 atom stereocenters. The third-order valence-corrected chi connectivity index (χ3v) is 5.12. The van der Waals surface area contributed by atoms with Crippen molar-refractivity contribution in [1.82, 2.24) is 10.3 Å². The molecule has 142 valence electrons. The molecule has 0 radical (unpaired) electrons. The Bertz CT molecular complexity index is 852. The second-order valence-corrected chi connectivity index (χ2v) is 7.12. The van der Waals surface area contributed by atoms with Gasteiger partial charge in [-0.3, -0.25) is 0 Å². The van der Waals surface area contributed by atoms with Crippen molar-refractivity contribution in [2.24, 2.45) is 0 Å². The summed E-state index contributed by atoms with van der Waals surface area (Å²) in [4.78, 5) is 4.31. The van der Waals surface area contributed by atoms with E-state index in [9.17, 15) is 0 Å². The molecule has 5 nitrogen and oxygen atoms in total. The average molecular weight is 385 g/mol. The van der Waals surface area contributed by atoms with Gasteiger partial charge in [-0.15, -0.1) is 11.3 Å². The van der Waals surface area contributed by atoms with Gasteiger partial charge in [-0.25, -0.2) is 4.98 Å². The summed E-state index contributed by atoms with van der Waals surface area (Å²) in [6.07, 6.45) is 0. The van der Waals surface area contributed by atoms with Gasteiger partial charge >= 0.3 is 0 Å². The number of hydrogen-bond acceptors (Lipinski definition) is 6. The van der Waals surface area contributed by atoms with Crippen LogP contribution in [0.2, 0.25) is 0 Å². The molecule has 0 aliphatic heterocycles. The molecule has 27 heavy (non-hydrogen) atoms. The second kappa shape index (κ2) is 9.50. The van der Waals surface area contributed by atoms with E-state index < -0.39 is 0 Å². The molecule has 1 heterocycles. The Balaban J connectivity index is 1.63. The number of hydrogen-bond donors (Lipinski definition) is 2. The second-order valence-electron chi connectivity index (χ2n) is 6.18. The SMILES string of the molecule is COc1ccc(CNC(C)c2ccccc2)cc1OCc1nc(CO)cs1. The molecule has 0 saturated heterocycles. The number of rotatable bonds is 9. The summed E-state index contributed by atoms with van der Waals surface area (Å²) < 4.78 is 11.3. The maximum Gasteiger partial charge on any atom is 0.162 e. The Morgan fingerprint density at radius 3 is 2.67 bits per heavy atom. The molecule has 0 saturated carbocycles. The van der Waals surface area contributed by atoms with Crippen molar-refractivity contribution in [1.29, 1.82) is 0 Å². The zero-order chi connectivity index (χ0) is 19.1.